The van der Waals surface area contributed by atoms with Crippen molar-refractivity contribution in [2.75, 3.05) is 46.4 Å². The Hall–Kier alpha value is -1.10. The molecule has 0 bridgehead atoms. The van der Waals surface area contributed by atoms with Gasteiger partial charge < -0.3 is 14.4 Å². The first-order valence-corrected chi connectivity index (χ1v) is 10.1. The molecule has 4 rings (SSSR count). The maximum atomic E-state index is 5.72. The predicted molar refractivity (Wildman–Crippen MR) is 100 cm³/mol. The van der Waals surface area contributed by atoms with Crippen molar-refractivity contribution < 1.29 is 9.47 Å². The van der Waals surface area contributed by atoms with Gasteiger partial charge in [-0.15, -0.1) is 0 Å². The van der Waals surface area contributed by atoms with Gasteiger partial charge >= 0.3 is 0 Å². The average Bonchev–Trinajstić information content (AvgIpc) is 3.50. The molecule has 4 nitrogen and oxygen atoms in total. The topological polar surface area (TPSA) is 28.2 Å². The SMILES string of the molecule is COc1ccccc1C(C1CO1)N1CCC(CN2CCCCC2)CC1. The summed E-state index contributed by atoms with van der Waals surface area (Å²) < 4.78 is 11.3. The lowest BCUT2D eigenvalue weighted by Crippen LogP contribution is -2.42. The number of ether oxygens (including phenoxy) is 2. The number of hydrogen-bond acceptors (Lipinski definition) is 4. The molecule has 1 aromatic rings. The van der Waals surface area contributed by atoms with Gasteiger partial charge in [0.2, 0.25) is 0 Å². The number of hydrogen-bond donors (Lipinski definition) is 0. The monoisotopic (exact) mass is 344 g/mol. The fourth-order valence-electron chi connectivity index (χ4n) is 4.70. The fourth-order valence-corrected chi connectivity index (χ4v) is 4.70. The van der Waals surface area contributed by atoms with Gasteiger partial charge in [0, 0.05) is 12.1 Å². The molecule has 3 aliphatic rings. The van der Waals surface area contributed by atoms with Crippen LogP contribution in [-0.2, 0) is 4.74 Å². The van der Waals surface area contributed by atoms with Gasteiger partial charge in [0.15, 0.2) is 0 Å². The van der Waals surface area contributed by atoms with E-state index in [0.717, 1.165) is 18.3 Å². The van der Waals surface area contributed by atoms with E-state index in [1.165, 1.54) is 70.4 Å². The highest BCUT2D eigenvalue weighted by Gasteiger charge is 2.40. The molecule has 3 saturated heterocycles. The van der Waals surface area contributed by atoms with Crippen molar-refractivity contribution in [3.05, 3.63) is 29.8 Å². The lowest BCUT2D eigenvalue weighted by molar-refractivity contribution is 0.0887. The van der Waals surface area contributed by atoms with Crippen LogP contribution in [0.1, 0.15) is 43.7 Å². The van der Waals surface area contributed by atoms with E-state index in [-0.39, 0.29) is 0 Å². The van der Waals surface area contributed by atoms with Crippen LogP contribution in [0, 0.1) is 5.92 Å². The first-order chi connectivity index (χ1) is 12.3. The van der Waals surface area contributed by atoms with Crippen molar-refractivity contribution >= 4 is 0 Å². The van der Waals surface area contributed by atoms with E-state index in [1.807, 2.05) is 0 Å². The van der Waals surface area contributed by atoms with Gasteiger partial charge in [-0.1, -0.05) is 24.6 Å². The van der Waals surface area contributed by atoms with Gasteiger partial charge in [-0.3, -0.25) is 4.90 Å². The number of epoxide rings is 1. The normalized spacial score (nSPS) is 27.2. The van der Waals surface area contributed by atoms with Crippen LogP contribution in [0.3, 0.4) is 0 Å². The van der Waals surface area contributed by atoms with Crippen LogP contribution in [0.15, 0.2) is 24.3 Å². The van der Waals surface area contributed by atoms with Crippen molar-refractivity contribution in [1.82, 2.24) is 9.80 Å². The quantitative estimate of drug-likeness (QED) is 0.740. The average molecular weight is 344 g/mol. The lowest BCUT2D eigenvalue weighted by atomic mass is 9.92. The smallest absolute Gasteiger partial charge is 0.123 e. The van der Waals surface area contributed by atoms with Gasteiger partial charge in [0.05, 0.1) is 19.8 Å². The Morgan fingerprint density at radius 3 is 2.48 bits per heavy atom. The molecule has 25 heavy (non-hydrogen) atoms. The van der Waals surface area contributed by atoms with Crippen LogP contribution in [0.2, 0.25) is 0 Å². The molecule has 4 heteroatoms. The second-order valence-electron chi connectivity index (χ2n) is 7.90. The highest BCUT2D eigenvalue weighted by Crippen LogP contribution is 2.39. The van der Waals surface area contributed by atoms with E-state index >= 15 is 0 Å². The molecular formula is C21H32N2O2. The summed E-state index contributed by atoms with van der Waals surface area (Å²) in [6, 6.07) is 8.82. The molecule has 0 aromatic heterocycles. The predicted octanol–water partition coefficient (Wildman–Crippen LogP) is 3.33. The first kappa shape index (κ1) is 17.3. The molecule has 3 fully saturated rings. The molecule has 138 valence electrons. The Bertz CT molecular complexity index is 547. The zero-order valence-corrected chi connectivity index (χ0v) is 15.5. The lowest BCUT2D eigenvalue weighted by Gasteiger charge is -2.39. The summed E-state index contributed by atoms with van der Waals surface area (Å²) in [6.45, 7) is 7.20. The Balaban J connectivity index is 1.38. The van der Waals surface area contributed by atoms with Gasteiger partial charge in [0.25, 0.3) is 0 Å². The minimum absolute atomic E-state index is 0.343. The minimum Gasteiger partial charge on any atom is -0.496 e. The van der Waals surface area contributed by atoms with Gasteiger partial charge in [-0.2, -0.15) is 0 Å². The third-order valence-corrected chi connectivity index (χ3v) is 6.18. The van der Waals surface area contributed by atoms with Crippen LogP contribution in [-0.4, -0.2) is 62.3 Å². The summed E-state index contributed by atoms with van der Waals surface area (Å²) >= 11 is 0. The van der Waals surface area contributed by atoms with Crippen molar-refractivity contribution in [3.63, 3.8) is 0 Å². The molecule has 0 radical (unpaired) electrons. The van der Waals surface area contributed by atoms with E-state index < -0.39 is 0 Å². The maximum absolute atomic E-state index is 5.72. The third-order valence-electron chi connectivity index (χ3n) is 6.18. The number of piperidine rings is 2. The molecule has 0 spiro atoms. The van der Waals surface area contributed by atoms with E-state index in [0.29, 0.717) is 12.1 Å². The summed E-state index contributed by atoms with van der Waals surface area (Å²) in [6.07, 6.45) is 7.19. The van der Waals surface area contributed by atoms with Crippen molar-refractivity contribution in [1.29, 1.82) is 0 Å². The summed E-state index contributed by atoms with van der Waals surface area (Å²) in [4.78, 5) is 5.34. The fraction of sp³-hybridized carbons (Fsp3) is 0.714. The maximum Gasteiger partial charge on any atom is 0.123 e. The van der Waals surface area contributed by atoms with Gasteiger partial charge in [-0.25, -0.2) is 0 Å². The molecule has 3 heterocycles. The number of likely N-dealkylation sites (tertiary alicyclic amines) is 2. The van der Waals surface area contributed by atoms with Crippen molar-refractivity contribution in [3.8, 4) is 5.75 Å². The molecule has 2 unspecified atom stereocenters. The Morgan fingerprint density at radius 2 is 1.80 bits per heavy atom. The van der Waals surface area contributed by atoms with Crippen LogP contribution in [0.5, 0.6) is 5.75 Å². The second kappa shape index (κ2) is 8.07. The number of rotatable bonds is 6. The van der Waals surface area contributed by atoms with Gasteiger partial charge in [0.1, 0.15) is 11.9 Å². The van der Waals surface area contributed by atoms with Crippen LogP contribution < -0.4 is 4.74 Å². The van der Waals surface area contributed by atoms with E-state index in [2.05, 4.69) is 34.1 Å². The highest BCUT2D eigenvalue weighted by molar-refractivity contribution is 5.37. The molecule has 3 aliphatic heterocycles. The number of para-hydroxylation sites is 1. The summed E-state index contributed by atoms with van der Waals surface area (Å²) in [5, 5.41) is 0. The molecular weight excluding hydrogens is 312 g/mol. The zero-order chi connectivity index (χ0) is 17.1. The van der Waals surface area contributed by atoms with Crippen LogP contribution in [0.4, 0.5) is 0 Å². The summed E-state index contributed by atoms with van der Waals surface area (Å²) in [7, 11) is 1.77. The second-order valence-corrected chi connectivity index (χ2v) is 7.90. The first-order valence-electron chi connectivity index (χ1n) is 10.1. The van der Waals surface area contributed by atoms with Crippen molar-refractivity contribution in [2.24, 2.45) is 5.92 Å². The Morgan fingerprint density at radius 1 is 1.08 bits per heavy atom. The Kier molecular flexibility index (Phi) is 5.59. The summed E-state index contributed by atoms with van der Waals surface area (Å²) in [5.74, 6) is 1.87. The van der Waals surface area contributed by atoms with Crippen molar-refractivity contribution in [2.45, 2.75) is 44.2 Å². The van der Waals surface area contributed by atoms with E-state index in [4.69, 9.17) is 9.47 Å². The molecule has 1 aromatic carbocycles. The molecule has 0 amide bonds. The standard InChI is InChI=1S/C21H32N2O2/c1-24-19-8-4-3-7-18(19)21(20-16-25-20)23-13-9-17(10-14-23)15-22-11-5-2-6-12-22/h3-4,7-8,17,20-21H,2,5-6,9-16H2,1H3. The van der Waals surface area contributed by atoms with Gasteiger partial charge in [-0.05, 0) is 63.8 Å². The highest BCUT2D eigenvalue weighted by atomic mass is 16.6. The number of methoxy groups -OCH3 is 1. The van der Waals surface area contributed by atoms with Crippen LogP contribution in [0.25, 0.3) is 0 Å². The zero-order valence-electron chi connectivity index (χ0n) is 15.5. The summed E-state index contributed by atoms with van der Waals surface area (Å²) in [5.41, 5.74) is 1.29. The van der Waals surface area contributed by atoms with E-state index in [1.54, 1.807) is 7.11 Å². The largest absolute Gasteiger partial charge is 0.496 e. The number of benzene rings is 1. The van der Waals surface area contributed by atoms with Crippen LogP contribution >= 0.6 is 0 Å². The molecule has 2 atom stereocenters. The molecule has 0 N–H and O–H groups in total. The Labute approximate surface area is 152 Å². The minimum atomic E-state index is 0.343. The van der Waals surface area contributed by atoms with E-state index in [9.17, 15) is 0 Å². The number of nitrogens with zero attached hydrogens (tertiary/aromatic N) is 2. The third kappa shape index (κ3) is 4.18. The molecule has 0 aliphatic carbocycles. The molecule has 0 saturated carbocycles.